The van der Waals surface area contributed by atoms with Gasteiger partial charge in [-0.15, -0.1) is 0 Å². The summed E-state index contributed by atoms with van der Waals surface area (Å²) in [7, 11) is 0. The van der Waals surface area contributed by atoms with Crippen LogP contribution in [-0.2, 0) is 6.54 Å². The van der Waals surface area contributed by atoms with Crippen LogP contribution in [0.15, 0.2) is 31.1 Å². The Morgan fingerprint density at radius 1 is 1.39 bits per heavy atom. The highest BCUT2D eigenvalue weighted by Gasteiger charge is 2.11. The lowest BCUT2D eigenvalue weighted by Gasteiger charge is -2.18. The number of aryl methyl sites for hydroxylation is 1. The normalized spacial score (nSPS) is 11.9. The van der Waals surface area contributed by atoms with Crippen molar-refractivity contribution in [1.29, 1.82) is 0 Å². The summed E-state index contributed by atoms with van der Waals surface area (Å²) in [5.74, 6) is 0. The highest BCUT2D eigenvalue weighted by molar-refractivity contribution is 5.80. The van der Waals surface area contributed by atoms with E-state index in [1.165, 1.54) is 0 Å². The summed E-state index contributed by atoms with van der Waals surface area (Å²) >= 11 is 0. The summed E-state index contributed by atoms with van der Waals surface area (Å²) < 4.78 is 2.20. The van der Waals surface area contributed by atoms with E-state index in [1.54, 1.807) is 0 Å². The molecule has 0 fully saturated rings. The number of fused-ring (bicyclic) bond motifs is 1. The minimum absolute atomic E-state index is 0.335. The first-order valence-corrected chi connectivity index (χ1v) is 6.26. The van der Waals surface area contributed by atoms with Crippen molar-refractivity contribution in [3.05, 3.63) is 36.7 Å². The van der Waals surface area contributed by atoms with Gasteiger partial charge in [-0.25, -0.2) is 4.98 Å². The summed E-state index contributed by atoms with van der Waals surface area (Å²) in [6.07, 6.45) is 3.03. The third-order valence-electron chi connectivity index (χ3n) is 3.09. The fraction of sp³-hybridized carbons (Fsp3) is 0.400. The van der Waals surface area contributed by atoms with Crippen molar-refractivity contribution in [2.45, 2.75) is 33.7 Å². The van der Waals surface area contributed by atoms with Gasteiger partial charge in [0, 0.05) is 12.2 Å². The molecule has 96 valence electrons. The second-order valence-electron chi connectivity index (χ2n) is 5.98. The molecule has 2 rings (SSSR count). The molecular weight excluding hydrogens is 222 g/mol. The number of rotatable bonds is 3. The van der Waals surface area contributed by atoms with Gasteiger partial charge in [-0.05, 0) is 29.5 Å². The Morgan fingerprint density at radius 3 is 2.72 bits per heavy atom. The predicted octanol–water partition coefficient (Wildman–Crippen LogP) is 3.40. The first-order valence-electron chi connectivity index (χ1n) is 6.26. The maximum atomic E-state index is 5.70. The fourth-order valence-corrected chi connectivity index (χ4v) is 1.90. The molecule has 0 aliphatic rings. The van der Waals surface area contributed by atoms with Crippen LogP contribution in [0.1, 0.15) is 32.8 Å². The lowest BCUT2D eigenvalue weighted by molar-refractivity contribution is 0.352. The Morgan fingerprint density at radius 2 is 2.11 bits per heavy atom. The van der Waals surface area contributed by atoms with E-state index in [4.69, 9.17) is 5.73 Å². The second kappa shape index (κ2) is 4.48. The molecule has 0 aliphatic carbocycles. The van der Waals surface area contributed by atoms with E-state index in [0.29, 0.717) is 11.1 Å². The van der Waals surface area contributed by atoms with Crippen LogP contribution >= 0.6 is 0 Å². The Balaban J connectivity index is 2.29. The molecule has 3 heteroatoms. The van der Waals surface area contributed by atoms with Crippen LogP contribution in [0.25, 0.3) is 16.7 Å². The maximum absolute atomic E-state index is 5.70. The molecule has 18 heavy (non-hydrogen) atoms. The van der Waals surface area contributed by atoms with E-state index >= 15 is 0 Å². The zero-order valence-corrected chi connectivity index (χ0v) is 11.4. The lowest BCUT2D eigenvalue weighted by atomic mass is 9.92. The highest BCUT2D eigenvalue weighted by Crippen LogP contribution is 2.22. The molecule has 3 nitrogen and oxygen atoms in total. The van der Waals surface area contributed by atoms with Gasteiger partial charge >= 0.3 is 0 Å². The van der Waals surface area contributed by atoms with Gasteiger partial charge in [0.05, 0.1) is 17.4 Å². The third-order valence-corrected chi connectivity index (χ3v) is 3.09. The summed E-state index contributed by atoms with van der Waals surface area (Å²) in [6.45, 7) is 11.5. The van der Waals surface area contributed by atoms with E-state index < -0.39 is 0 Å². The van der Waals surface area contributed by atoms with E-state index in [2.05, 4.69) is 43.0 Å². The Bertz CT molecular complexity index is 573. The summed E-state index contributed by atoms with van der Waals surface area (Å²) in [4.78, 5) is 4.43. The lowest BCUT2D eigenvalue weighted by Crippen LogP contribution is -2.09. The predicted molar refractivity (Wildman–Crippen MR) is 77.0 cm³/mol. The highest BCUT2D eigenvalue weighted by atomic mass is 15.0. The minimum atomic E-state index is 0.335. The van der Waals surface area contributed by atoms with Crippen molar-refractivity contribution < 1.29 is 0 Å². The summed E-state index contributed by atoms with van der Waals surface area (Å²) in [5.41, 5.74) is 9.70. The first kappa shape index (κ1) is 12.7. The molecule has 0 saturated carbocycles. The van der Waals surface area contributed by atoms with E-state index in [-0.39, 0.29) is 0 Å². The van der Waals surface area contributed by atoms with Crippen LogP contribution < -0.4 is 5.73 Å². The molecule has 0 saturated heterocycles. The molecule has 2 aromatic rings. The van der Waals surface area contributed by atoms with Crippen LogP contribution in [-0.4, -0.2) is 9.55 Å². The smallest absolute Gasteiger partial charge is 0.0958 e. The van der Waals surface area contributed by atoms with Gasteiger partial charge in [0.25, 0.3) is 0 Å². The van der Waals surface area contributed by atoms with Crippen LogP contribution in [0.4, 0.5) is 0 Å². The van der Waals surface area contributed by atoms with Gasteiger partial charge in [0.15, 0.2) is 0 Å². The van der Waals surface area contributed by atoms with Crippen LogP contribution in [0.3, 0.4) is 0 Å². The van der Waals surface area contributed by atoms with E-state index in [1.807, 2.05) is 18.5 Å². The monoisotopic (exact) mass is 243 g/mol. The van der Waals surface area contributed by atoms with Crippen molar-refractivity contribution in [3.63, 3.8) is 0 Å². The van der Waals surface area contributed by atoms with Crippen molar-refractivity contribution in [1.82, 2.24) is 9.55 Å². The number of nitrogens with zero attached hydrogens (tertiary/aromatic N) is 2. The van der Waals surface area contributed by atoms with Crippen LogP contribution in [0, 0.1) is 5.41 Å². The Labute approximate surface area is 108 Å². The molecule has 1 heterocycles. The molecule has 0 amide bonds. The standard InChI is InChI=1S/C15H21N3/c1-11(16)12-5-6-14-13(9-12)17-10-18(14)8-7-15(2,3)4/h5-6,9-10H,1,7-8,16H2,2-4H3. The van der Waals surface area contributed by atoms with Crippen molar-refractivity contribution in [2.24, 2.45) is 11.1 Å². The molecule has 0 radical (unpaired) electrons. The van der Waals surface area contributed by atoms with Crippen LogP contribution in [0.5, 0.6) is 0 Å². The SMILES string of the molecule is C=C(N)c1ccc2c(c1)ncn2CCC(C)(C)C. The molecule has 0 aliphatic heterocycles. The largest absolute Gasteiger partial charge is 0.399 e. The van der Waals surface area contributed by atoms with Gasteiger partial charge in [0.1, 0.15) is 0 Å². The maximum Gasteiger partial charge on any atom is 0.0958 e. The number of aromatic nitrogens is 2. The number of benzene rings is 1. The molecule has 1 aromatic heterocycles. The molecule has 0 unspecified atom stereocenters. The second-order valence-corrected chi connectivity index (χ2v) is 5.98. The number of imidazole rings is 1. The minimum Gasteiger partial charge on any atom is -0.399 e. The van der Waals surface area contributed by atoms with Crippen LogP contribution in [0.2, 0.25) is 0 Å². The third kappa shape index (κ3) is 2.73. The van der Waals surface area contributed by atoms with Gasteiger partial charge in [0.2, 0.25) is 0 Å². The van der Waals surface area contributed by atoms with Gasteiger partial charge in [-0.1, -0.05) is 33.4 Å². The first-order chi connectivity index (χ1) is 8.37. The topological polar surface area (TPSA) is 43.8 Å². The Kier molecular flexibility index (Phi) is 3.16. The Hall–Kier alpha value is -1.77. The fourth-order valence-electron chi connectivity index (χ4n) is 1.90. The van der Waals surface area contributed by atoms with Gasteiger partial charge in [-0.3, -0.25) is 0 Å². The summed E-state index contributed by atoms with van der Waals surface area (Å²) in [5, 5.41) is 0. The van der Waals surface area contributed by atoms with Gasteiger partial charge in [-0.2, -0.15) is 0 Å². The molecular formula is C15H21N3. The molecule has 0 bridgehead atoms. The number of hydrogen-bond acceptors (Lipinski definition) is 2. The molecule has 0 spiro atoms. The van der Waals surface area contributed by atoms with Gasteiger partial charge < -0.3 is 10.3 Å². The average Bonchev–Trinajstić information content (AvgIpc) is 2.67. The molecule has 1 aromatic carbocycles. The number of nitrogens with two attached hydrogens (primary N) is 1. The zero-order chi connectivity index (χ0) is 13.3. The zero-order valence-electron chi connectivity index (χ0n) is 11.4. The van der Waals surface area contributed by atoms with Crippen molar-refractivity contribution >= 4 is 16.7 Å². The van der Waals surface area contributed by atoms with Crippen molar-refractivity contribution in [2.75, 3.05) is 0 Å². The van der Waals surface area contributed by atoms with E-state index in [9.17, 15) is 0 Å². The van der Waals surface area contributed by atoms with Crippen molar-refractivity contribution in [3.8, 4) is 0 Å². The van der Waals surface area contributed by atoms with E-state index in [0.717, 1.165) is 29.6 Å². The molecule has 0 atom stereocenters. The molecule has 2 N–H and O–H groups in total. The quantitative estimate of drug-likeness (QED) is 0.897. The number of hydrogen-bond donors (Lipinski definition) is 1. The average molecular weight is 243 g/mol. The summed E-state index contributed by atoms with van der Waals surface area (Å²) in [6, 6.07) is 6.06.